The Bertz CT molecular complexity index is 679. The summed E-state index contributed by atoms with van der Waals surface area (Å²) in [5.74, 6) is -0.558. The van der Waals surface area contributed by atoms with Crippen LogP contribution in [0.1, 0.15) is 0 Å². The van der Waals surface area contributed by atoms with E-state index in [0.29, 0.717) is 24.7 Å². The topological polar surface area (TPSA) is 83.5 Å². The number of carbonyl (C=O) groups excluding carboxylic acids is 2. The zero-order valence-electron chi connectivity index (χ0n) is 14.0. The van der Waals surface area contributed by atoms with Gasteiger partial charge in [0.2, 0.25) is 0 Å². The van der Waals surface area contributed by atoms with Crippen molar-refractivity contribution in [1.82, 2.24) is 0 Å². The highest BCUT2D eigenvalue weighted by Gasteiger charge is 2.32. The third-order valence-electron chi connectivity index (χ3n) is 3.89. The van der Waals surface area contributed by atoms with E-state index in [9.17, 15) is 9.59 Å². The summed E-state index contributed by atoms with van der Waals surface area (Å²) in [4.78, 5) is 25.7. The third kappa shape index (κ3) is 3.59. The Labute approximate surface area is 144 Å². The number of hydrogen-bond donors (Lipinski definition) is 0. The van der Waals surface area contributed by atoms with Crippen molar-refractivity contribution < 1.29 is 33.3 Å². The molecule has 0 aromatic heterocycles. The molecule has 0 unspecified atom stereocenters. The lowest BCUT2D eigenvalue weighted by Gasteiger charge is -2.31. The van der Waals surface area contributed by atoms with Gasteiger partial charge in [-0.25, -0.2) is 9.59 Å². The van der Waals surface area contributed by atoms with E-state index in [2.05, 4.69) is 0 Å². The van der Waals surface area contributed by atoms with E-state index in [1.807, 2.05) is 0 Å². The van der Waals surface area contributed by atoms with Crippen LogP contribution in [0.3, 0.4) is 0 Å². The predicted octanol–water partition coefficient (Wildman–Crippen LogP) is 0.858. The van der Waals surface area contributed by atoms with Crippen molar-refractivity contribution in [2.24, 2.45) is 0 Å². The van der Waals surface area contributed by atoms with Gasteiger partial charge in [-0.2, -0.15) is 0 Å². The molecule has 8 heteroatoms. The van der Waals surface area contributed by atoms with Crippen LogP contribution in [0.2, 0.25) is 0 Å². The molecule has 0 bridgehead atoms. The monoisotopic (exact) mass is 349 g/mol. The molecule has 1 aromatic carbocycles. The van der Waals surface area contributed by atoms with Crippen LogP contribution in [-0.2, 0) is 28.5 Å². The van der Waals surface area contributed by atoms with Crippen molar-refractivity contribution in [3.05, 3.63) is 35.5 Å². The van der Waals surface area contributed by atoms with Crippen LogP contribution >= 0.6 is 0 Å². The standard InChI is InChI=1S/C17H19NO7/c1-21-16(19)14-9-24-10-18(15(14)17(20)22-2)11-3-5-12(6-4-11)25-13-7-23-8-13/h3-6,13H,7-10H2,1-2H3. The second-order valence-corrected chi connectivity index (χ2v) is 5.49. The Morgan fingerprint density at radius 1 is 1.04 bits per heavy atom. The fourth-order valence-electron chi connectivity index (χ4n) is 2.53. The highest BCUT2D eigenvalue weighted by Crippen LogP contribution is 2.28. The second-order valence-electron chi connectivity index (χ2n) is 5.49. The first-order valence-electron chi connectivity index (χ1n) is 7.73. The van der Waals surface area contributed by atoms with Crippen LogP contribution in [-0.4, -0.2) is 58.8 Å². The highest BCUT2D eigenvalue weighted by atomic mass is 16.6. The van der Waals surface area contributed by atoms with E-state index in [-0.39, 0.29) is 30.7 Å². The Balaban J connectivity index is 1.87. The van der Waals surface area contributed by atoms with Crippen LogP contribution in [0, 0.1) is 0 Å². The van der Waals surface area contributed by atoms with Crippen molar-refractivity contribution >= 4 is 17.6 Å². The smallest absolute Gasteiger partial charge is 0.355 e. The van der Waals surface area contributed by atoms with Crippen molar-refractivity contribution in [3.8, 4) is 5.75 Å². The van der Waals surface area contributed by atoms with Gasteiger partial charge in [0, 0.05) is 5.69 Å². The minimum absolute atomic E-state index is 0.0174. The molecule has 8 nitrogen and oxygen atoms in total. The van der Waals surface area contributed by atoms with Gasteiger partial charge in [-0.1, -0.05) is 0 Å². The fourth-order valence-corrected chi connectivity index (χ4v) is 2.53. The summed E-state index contributed by atoms with van der Waals surface area (Å²) in [5.41, 5.74) is 0.896. The fraction of sp³-hybridized carbons (Fsp3) is 0.412. The third-order valence-corrected chi connectivity index (χ3v) is 3.89. The first kappa shape index (κ1) is 17.2. The molecule has 0 aliphatic carbocycles. The highest BCUT2D eigenvalue weighted by molar-refractivity contribution is 6.03. The average Bonchev–Trinajstić information content (AvgIpc) is 2.63. The van der Waals surface area contributed by atoms with Gasteiger partial charge in [-0.05, 0) is 24.3 Å². The molecule has 25 heavy (non-hydrogen) atoms. The maximum absolute atomic E-state index is 12.2. The summed E-state index contributed by atoms with van der Waals surface area (Å²) in [6.45, 7) is 1.26. The van der Waals surface area contributed by atoms with E-state index in [1.165, 1.54) is 14.2 Å². The van der Waals surface area contributed by atoms with Gasteiger partial charge in [0.15, 0.2) is 0 Å². The molecule has 0 atom stereocenters. The van der Waals surface area contributed by atoms with E-state index < -0.39 is 11.9 Å². The van der Waals surface area contributed by atoms with E-state index in [1.54, 1.807) is 29.2 Å². The SMILES string of the molecule is COC(=O)C1=C(C(=O)OC)N(c2ccc(OC3COC3)cc2)COC1. The lowest BCUT2D eigenvalue weighted by atomic mass is 10.1. The quantitative estimate of drug-likeness (QED) is 0.724. The molecular weight excluding hydrogens is 330 g/mol. The zero-order chi connectivity index (χ0) is 17.8. The number of rotatable bonds is 5. The van der Waals surface area contributed by atoms with Crippen molar-refractivity contribution in [1.29, 1.82) is 0 Å². The number of nitrogens with zero attached hydrogens (tertiary/aromatic N) is 1. The molecule has 0 N–H and O–H groups in total. The number of esters is 2. The predicted molar refractivity (Wildman–Crippen MR) is 86.0 cm³/mol. The summed E-state index contributed by atoms with van der Waals surface area (Å²) in [6.07, 6.45) is 0.0700. The molecule has 0 saturated carbocycles. The minimum Gasteiger partial charge on any atom is -0.486 e. The normalized spacial score (nSPS) is 17.8. The van der Waals surface area contributed by atoms with Crippen LogP contribution in [0.15, 0.2) is 35.5 Å². The summed E-state index contributed by atoms with van der Waals surface area (Å²) in [5, 5.41) is 0. The first-order valence-corrected chi connectivity index (χ1v) is 7.73. The summed E-state index contributed by atoms with van der Waals surface area (Å²) in [7, 11) is 2.51. The van der Waals surface area contributed by atoms with Gasteiger partial charge in [0.05, 0.1) is 39.6 Å². The van der Waals surface area contributed by atoms with Crippen molar-refractivity contribution in [2.45, 2.75) is 6.10 Å². The van der Waals surface area contributed by atoms with Gasteiger partial charge >= 0.3 is 11.9 Å². The van der Waals surface area contributed by atoms with Gasteiger partial charge in [0.25, 0.3) is 0 Å². The molecule has 1 saturated heterocycles. The maximum atomic E-state index is 12.2. The molecule has 0 amide bonds. The number of hydrogen-bond acceptors (Lipinski definition) is 8. The lowest BCUT2D eigenvalue weighted by Crippen LogP contribution is -2.39. The molecule has 1 fully saturated rings. The summed E-state index contributed by atoms with van der Waals surface area (Å²) in [6, 6.07) is 7.13. The van der Waals surface area contributed by atoms with Crippen LogP contribution < -0.4 is 9.64 Å². The number of methoxy groups -OCH3 is 2. The first-order chi connectivity index (χ1) is 12.1. The van der Waals surface area contributed by atoms with Crippen LogP contribution in [0.25, 0.3) is 0 Å². The molecule has 0 spiro atoms. The van der Waals surface area contributed by atoms with Gasteiger partial charge in [0.1, 0.15) is 24.3 Å². The largest absolute Gasteiger partial charge is 0.486 e. The van der Waals surface area contributed by atoms with Crippen LogP contribution in [0.4, 0.5) is 5.69 Å². The molecule has 2 aliphatic heterocycles. The van der Waals surface area contributed by atoms with Crippen LogP contribution in [0.5, 0.6) is 5.75 Å². The number of benzene rings is 1. The molecule has 0 radical (unpaired) electrons. The number of anilines is 1. The van der Waals surface area contributed by atoms with Gasteiger partial charge < -0.3 is 28.6 Å². The Hall–Kier alpha value is -2.58. The molecule has 2 aliphatic rings. The Morgan fingerprint density at radius 2 is 1.72 bits per heavy atom. The molecular formula is C17H19NO7. The van der Waals surface area contributed by atoms with E-state index >= 15 is 0 Å². The molecule has 134 valence electrons. The van der Waals surface area contributed by atoms with Crippen molar-refractivity contribution in [2.75, 3.05) is 45.7 Å². The Kier molecular flexibility index (Phi) is 5.20. The summed E-state index contributed by atoms with van der Waals surface area (Å²) >= 11 is 0. The lowest BCUT2D eigenvalue weighted by molar-refractivity contribution is -0.140. The number of ether oxygens (including phenoxy) is 5. The second kappa shape index (κ2) is 7.54. The van der Waals surface area contributed by atoms with Gasteiger partial charge in [-0.15, -0.1) is 0 Å². The average molecular weight is 349 g/mol. The maximum Gasteiger partial charge on any atom is 0.355 e. The zero-order valence-corrected chi connectivity index (χ0v) is 14.0. The molecule has 1 aromatic rings. The molecule has 3 rings (SSSR count). The minimum atomic E-state index is -0.630. The van der Waals surface area contributed by atoms with E-state index in [0.717, 1.165) is 0 Å². The number of carbonyl (C=O) groups is 2. The summed E-state index contributed by atoms with van der Waals surface area (Å²) < 4.78 is 25.8. The van der Waals surface area contributed by atoms with Crippen molar-refractivity contribution in [3.63, 3.8) is 0 Å². The van der Waals surface area contributed by atoms with Gasteiger partial charge in [-0.3, -0.25) is 0 Å². The Morgan fingerprint density at radius 3 is 2.28 bits per heavy atom. The van der Waals surface area contributed by atoms with E-state index in [4.69, 9.17) is 23.7 Å². The molecule has 2 heterocycles.